The van der Waals surface area contributed by atoms with Crippen molar-refractivity contribution in [2.75, 3.05) is 19.8 Å². The van der Waals surface area contributed by atoms with Crippen LogP contribution >= 0.6 is 0 Å². The average Bonchev–Trinajstić information content (AvgIpc) is 2.23. The first kappa shape index (κ1) is 12.3. The second kappa shape index (κ2) is 6.63. The lowest BCUT2D eigenvalue weighted by atomic mass is 9.87. The molecule has 0 spiro atoms. The quantitative estimate of drug-likeness (QED) is 0.631. The van der Waals surface area contributed by atoms with Gasteiger partial charge in [0.15, 0.2) is 0 Å². The van der Waals surface area contributed by atoms with Crippen LogP contribution in [0.25, 0.3) is 0 Å². The second-order valence-corrected chi connectivity index (χ2v) is 3.93. The predicted molar refractivity (Wildman–Crippen MR) is 54.4 cm³/mol. The number of aliphatic hydroxyl groups excluding tert-OH is 2. The van der Waals surface area contributed by atoms with Crippen LogP contribution in [0.3, 0.4) is 0 Å². The molecule has 5 heteroatoms. The van der Waals surface area contributed by atoms with Gasteiger partial charge >= 0.3 is 6.09 Å². The van der Waals surface area contributed by atoms with Crippen LogP contribution in [0.4, 0.5) is 4.79 Å². The third-order valence-corrected chi connectivity index (χ3v) is 2.61. The molecule has 1 aliphatic rings. The zero-order chi connectivity index (χ0) is 11.1. The molecular weight excluding hydrogens is 198 g/mol. The number of amides is 1. The van der Waals surface area contributed by atoms with Gasteiger partial charge in [0.1, 0.15) is 6.61 Å². The van der Waals surface area contributed by atoms with Gasteiger partial charge in [-0.25, -0.2) is 4.79 Å². The van der Waals surface area contributed by atoms with E-state index in [0.29, 0.717) is 12.5 Å². The SMILES string of the molecule is O=C(NCC1CCCC(O)C1)OCCO. The van der Waals surface area contributed by atoms with Crippen molar-refractivity contribution in [2.45, 2.75) is 31.8 Å². The fraction of sp³-hybridized carbons (Fsp3) is 0.900. The molecule has 1 rings (SSSR count). The highest BCUT2D eigenvalue weighted by Gasteiger charge is 2.20. The number of rotatable bonds is 4. The maximum atomic E-state index is 11.0. The van der Waals surface area contributed by atoms with Gasteiger partial charge in [-0.3, -0.25) is 0 Å². The average molecular weight is 217 g/mol. The van der Waals surface area contributed by atoms with Crippen molar-refractivity contribution in [1.29, 1.82) is 0 Å². The van der Waals surface area contributed by atoms with Gasteiger partial charge in [0.2, 0.25) is 0 Å². The topological polar surface area (TPSA) is 78.8 Å². The van der Waals surface area contributed by atoms with E-state index in [1.165, 1.54) is 0 Å². The van der Waals surface area contributed by atoms with Gasteiger partial charge in [-0.2, -0.15) is 0 Å². The van der Waals surface area contributed by atoms with Crippen LogP contribution in [0.15, 0.2) is 0 Å². The molecule has 1 saturated carbocycles. The van der Waals surface area contributed by atoms with Crippen LogP contribution in [0, 0.1) is 5.92 Å². The smallest absolute Gasteiger partial charge is 0.407 e. The summed E-state index contributed by atoms with van der Waals surface area (Å²) in [5, 5.41) is 20.5. The third-order valence-electron chi connectivity index (χ3n) is 2.61. The van der Waals surface area contributed by atoms with Gasteiger partial charge in [0.05, 0.1) is 12.7 Å². The molecule has 2 atom stereocenters. The Morgan fingerprint density at radius 3 is 2.93 bits per heavy atom. The predicted octanol–water partition coefficient (Wildman–Crippen LogP) is 0.256. The van der Waals surface area contributed by atoms with E-state index in [0.717, 1.165) is 25.7 Å². The molecule has 0 aliphatic heterocycles. The Morgan fingerprint density at radius 2 is 2.27 bits per heavy atom. The van der Waals surface area contributed by atoms with Crippen molar-refractivity contribution in [3.8, 4) is 0 Å². The summed E-state index contributed by atoms with van der Waals surface area (Å²) in [6.07, 6.45) is 2.95. The maximum absolute atomic E-state index is 11.0. The Morgan fingerprint density at radius 1 is 1.47 bits per heavy atom. The van der Waals surface area contributed by atoms with Crippen molar-refractivity contribution in [1.82, 2.24) is 5.32 Å². The first-order valence-electron chi connectivity index (χ1n) is 5.42. The fourth-order valence-corrected chi connectivity index (χ4v) is 1.87. The highest BCUT2D eigenvalue weighted by Crippen LogP contribution is 2.23. The van der Waals surface area contributed by atoms with Crippen molar-refractivity contribution in [2.24, 2.45) is 5.92 Å². The standard InChI is InChI=1S/C10H19NO4/c12-4-5-15-10(14)11-7-8-2-1-3-9(13)6-8/h8-9,12-13H,1-7H2,(H,11,14). The van der Waals surface area contributed by atoms with Gasteiger partial charge in [-0.05, 0) is 25.2 Å². The monoisotopic (exact) mass is 217 g/mol. The summed E-state index contributed by atoms with van der Waals surface area (Å²) in [5.74, 6) is 0.343. The van der Waals surface area contributed by atoms with E-state index in [4.69, 9.17) is 5.11 Å². The minimum atomic E-state index is -0.496. The molecule has 1 fully saturated rings. The molecule has 3 N–H and O–H groups in total. The van der Waals surface area contributed by atoms with E-state index in [-0.39, 0.29) is 19.3 Å². The summed E-state index contributed by atoms with van der Waals surface area (Å²) in [5.41, 5.74) is 0. The Labute approximate surface area is 89.4 Å². The highest BCUT2D eigenvalue weighted by atomic mass is 16.6. The van der Waals surface area contributed by atoms with Crippen LogP contribution in [0.1, 0.15) is 25.7 Å². The number of hydrogen-bond acceptors (Lipinski definition) is 4. The molecule has 5 nitrogen and oxygen atoms in total. The third kappa shape index (κ3) is 4.99. The molecule has 88 valence electrons. The fourth-order valence-electron chi connectivity index (χ4n) is 1.87. The summed E-state index contributed by atoms with van der Waals surface area (Å²) >= 11 is 0. The number of ether oxygens (including phenoxy) is 1. The molecule has 2 unspecified atom stereocenters. The van der Waals surface area contributed by atoms with Gasteiger partial charge in [0.25, 0.3) is 0 Å². The molecule has 0 bridgehead atoms. The summed E-state index contributed by atoms with van der Waals surface area (Å²) in [6, 6.07) is 0. The Bertz CT molecular complexity index is 198. The minimum Gasteiger partial charge on any atom is -0.447 e. The molecule has 0 radical (unpaired) electrons. The van der Waals surface area contributed by atoms with Crippen molar-refractivity contribution in [3.05, 3.63) is 0 Å². The van der Waals surface area contributed by atoms with E-state index < -0.39 is 6.09 Å². The summed E-state index contributed by atoms with van der Waals surface area (Å²) in [7, 11) is 0. The molecule has 1 aliphatic carbocycles. The summed E-state index contributed by atoms with van der Waals surface area (Å²) < 4.78 is 4.65. The molecule has 0 aromatic rings. The Hall–Kier alpha value is -0.810. The minimum absolute atomic E-state index is 0.0269. The van der Waals surface area contributed by atoms with Gasteiger partial charge in [0, 0.05) is 6.54 Å². The lowest BCUT2D eigenvalue weighted by Crippen LogP contribution is -2.33. The van der Waals surface area contributed by atoms with Crippen LogP contribution in [-0.2, 0) is 4.74 Å². The van der Waals surface area contributed by atoms with Crippen molar-refractivity contribution < 1.29 is 19.7 Å². The zero-order valence-corrected chi connectivity index (χ0v) is 8.82. The summed E-state index contributed by atoms with van der Waals surface area (Å²) in [4.78, 5) is 11.0. The van der Waals surface area contributed by atoms with Crippen LogP contribution in [0.2, 0.25) is 0 Å². The molecule has 15 heavy (non-hydrogen) atoms. The van der Waals surface area contributed by atoms with Gasteiger partial charge < -0.3 is 20.3 Å². The van der Waals surface area contributed by atoms with E-state index in [1.54, 1.807) is 0 Å². The maximum Gasteiger partial charge on any atom is 0.407 e. The van der Waals surface area contributed by atoms with Crippen molar-refractivity contribution in [3.63, 3.8) is 0 Å². The molecule has 0 heterocycles. The van der Waals surface area contributed by atoms with Gasteiger partial charge in [-0.15, -0.1) is 0 Å². The van der Waals surface area contributed by atoms with Crippen LogP contribution in [-0.4, -0.2) is 42.2 Å². The molecule has 0 aromatic carbocycles. The Balaban J connectivity index is 2.10. The highest BCUT2D eigenvalue weighted by molar-refractivity contribution is 5.67. The number of hydrogen-bond donors (Lipinski definition) is 3. The number of carbonyl (C=O) groups is 1. The van der Waals surface area contributed by atoms with Gasteiger partial charge in [-0.1, -0.05) is 6.42 Å². The van der Waals surface area contributed by atoms with Crippen LogP contribution in [0.5, 0.6) is 0 Å². The lowest BCUT2D eigenvalue weighted by Gasteiger charge is -2.25. The molecular formula is C10H19NO4. The van der Waals surface area contributed by atoms with E-state index in [1.807, 2.05) is 0 Å². The summed E-state index contributed by atoms with van der Waals surface area (Å²) in [6.45, 7) is 0.413. The zero-order valence-electron chi connectivity index (χ0n) is 8.82. The number of aliphatic hydroxyl groups is 2. The van der Waals surface area contributed by atoms with E-state index >= 15 is 0 Å². The largest absolute Gasteiger partial charge is 0.447 e. The molecule has 0 aromatic heterocycles. The number of carbonyl (C=O) groups excluding carboxylic acids is 1. The lowest BCUT2D eigenvalue weighted by molar-refractivity contribution is 0.0943. The Kier molecular flexibility index (Phi) is 5.42. The van der Waals surface area contributed by atoms with Crippen molar-refractivity contribution >= 4 is 6.09 Å². The number of alkyl carbamates (subject to hydrolysis) is 1. The second-order valence-electron chi connectivity index (χ2n) is 3.93. The van der Waals surface area contributed by atoms with E-state index in [2.05, 4.69) is 10.1 Å². The molecule has 0 saturated heterocycles. The van der Waals surface area contributed by atoms with E-state index in [9.17, 15) is 9.90 Å². The first-order chi connectivity index (χ1) is 7.22. The first-order valence-corrected chi connectivity index (χ1v) is 5.42. The number of nitrogens with one attached hydrogen (secondary N) is 1. The van der Waals surface area contributed by atoms with Crippen LogP contribution < -0.4 is 5.32 Å². The normalized spacial score (nSPS) is 26.0. The molecule has 1 amide bonds.